The molecule has 0 atom stereocenters. The Morgan fingerprint density at radius 2 is 1.52 bits per heavy atom. The van der Waals surface area contributed by atoms with Gasteiger partial charge in [-0.1, -0.05) is 36.4 Å². The van der Waals surface area contributed by atoms with Crippen molar-refractivity contribution < 1.29 is 19.2 Å². The van der Waals surface area contributed by atoms with Crippen LogP contribution in [0.4, 0.5) is 11.4 Å². The smallest absolute Gasteiger partial charge is 0.257 e. The summed E-state index contributed by atoms with van der Waals surface area (Å²) >= 11 is 0. The second-order valence-corrected chi connectivity index (χ2v) is 7.89. The van der Waals surface area contributed by atoms with Crippen LogP contribution in [-0.4, -0.2) is 28.5 Å². The maximum atomic E-state index is 12.8. The van der Waals surface area contributed by atoms with Crippen molar-refractivity contribution >= 4 is 35.0 Å². The number of carbonyl (C=O) groups excluding carboxylic acids is 4. The van der Waals surface area contributed by atoms with E-state index in [1.807, 2.05) is 25.1 Å². The fourth-order valence-corrected chi connectivity index (χ4v) is 3.65. The first-order valence-electron chi connectivity index (χ1n) is 10.6. The second kappa shape index (κ2) is 9.48. The van der Waals surface area contributed by atoms with Gasteiger partial charge in [0.05, 0.1) is 17.8 Å². The molecule has 33 heavy (non-hydrogen) atoms. The van der Waals surface area contributed by atoms with Crippen LogP contribution in [-0.2, 0) is 16.1 Å². The Bertz CT molecular complexity index is 1220. The van der Waals surface area contributed by atoms with E-state index in [0.717, 1.165) is 11.1 Å². The molecule has 1 saturated heterocycles. The number of likely N-dealkylation sites (tertiary alicyclic amines) is 1. The molecule has 3 aromatic carbocycles. The topological polar surface area (TPSA) is 95.6 Å². The molecule has 166 valence electrons. The fraction of sp³-hybridized carbons (Fsp3) is 0.154. The van der Waals surface area contributed by atoms with Crippen LogP contribution in [0.1, 0.15) is 44.7 Å². The molecule has 7 nitrogen and oxygen atoms in total. The summed E-state index contributed by atoms with van der Waals surface area (Å²) in [6, 6.07) is 20.9. The number of carbonyl (C=O) groups is 4. The van der Waals surface area contributed by atoms with Gasteiger partial charge in [0.1, 0.15) is 0 Å². The molecule has 1 aliphatic heterocycles. The Morgan fingerprint density at radius 3 is 2.21 bits per heavy atom. The van der Waals surface area contributed by atoms with Crippen LogP contribution in [0.3, 0.4) is 0 Å². The normalized spacial score (nSPS) is 13.2. The van der Waals surface area contributed by atoms with Gasteiger partial charge >= 0.3 is 0 Å². The van der Waals surface area contributed by atoms with Crippen molar-refractivity contribution in [1.82, 2.24) is 4.90 Å². The molecular weight excluding hydrogens is 418 g/mol. The average molecular weight is 441 g/mol. The van der Waals surface area contributed by atoms with Crippen LogP contribution >= 0.6 is 0 Å². The lowest BCUT2D eigenvalue weighted by atomic mass is 10.1. The first-order chi connectivity index (χ1) is 15.9. The molecule has 3 aromatic rings. The Morgan fingerprint density at radius 1 is 0.818 bits per heavy atom. The van der Waals surface area contributed by atoms with Crippen molar-refractivity contribution in [2.75, 3.05) is 10.6 Å². The summed E-state index contributed by atoms with van der Waals surface area (Å²) in [6.07, 6.45) is 0.492. The Balaban J connectivity index is 1.45. The van der Waals surface area contributed by atoms with Gasteiger partial charge in [0.15, 0.2) is 0 Å². The van der Waals surface area contributed by atoms with Crippen LogP contribution in [0.2, 0.25) is 0 Å². The van der Waals surface area contributed by atoms with E-state index in [1.165, 1.54) is 4.90 Å². The summed E-state index contributed by atoms with van der Waals surface area (Å²) in [6.45, 7) is 2.14. The van der Waals surface area contributed by atoms with Crippen LogP contribution in [0.25, 0.3) is 0 Å². The van der Waals surface area contributed by atoms with Gasteiger partial charge in [0, 0.05) is 24.1 Å². The van der Waals surface area contributed by atoms with E-state index in [9.17, 15) is 19.2 Å². The quantitative estimate of drug-likeness (QED) is 0.562. The molecule has 4 amide bonds. The van der Waals surface area contributed by atoms with E-state index in [2.05, 4.69) is 10.6 Å². The second-order valence-electron chi connectivity index (χ2n) is 7.89. The van der Waals surface area contributed by atoms with Crippen LogP contribution in [0, 0.1) is 6.92 Å². The van der Waals surface area contributed by atoms with Crippen molar-refractivity contribution in [2.45, 2.75) is 26.3 Å². The molecular formula is C26H23N3O4. The molecule has 0 saturated carbocycles. The summed E-state index contributed by atoms with van der Waals surface area (Å²) < 4.78 is 0. The molecule has 0 spiro atoms. The molecule has 0 radical (unpaired) electrons. The Hall–Kier alpha value is -4.26. The number of anilines is 2. The van der Waals surface area contributed by atoms with E-state index >= 15 is 0 Å². The van der Waals surface area contributed by atoms with Crippen molar-refractivity contribution in [3.8, 4) is 0 Å². The fourth-order valence-electron chi connectivity index (χ4n) is 3.65. The minimum atomic E-state index is -0.370. The molecule has 0 bridgehead atoms. The molecule has 1 fully saturated rings. The van der Waals surface area contributed by atoms with Gasteiger partial charge in [-0.3, -0.25) is 24.1 Å². The third-order valence-electron chi connectivity index (χ3n) is 5.41. The number of imide groups is 1. The highest BCUT2D eigenvalue weighted by molar-refractivity contribution is 6.12. The van der Waals surface area contributed by atoms with Gasteiger partial charge in [-0.05, 0) is 54.4 Å². The van der Waals surface area contributed by atoms with Gasteiger partial charge in [-0.2, -0.15) is 0 Å². The standard InChI is InChI=1S/C26H23N3O4/c1-17-5-4-6-20(15-17)27-26(33)21-7-2-3-8-22(21)28-25(32)19-11-9-18(10-12-19)16-29-23(30)13-14-24(29)31/h2-12,15H,13-14,16H2,1H3,(H,27,33)(H,28,32). The highest BCUT2D eigenvalue weighted by atomic mass is 16.2. The van der Waals surface area contributed by atoms with Crippen LogP contribution < -0.4 is 10.6 Å². The third-order valence-corrected chi connectivity index (χ3v) is 5.41. The van der Waals surface area contributed by atoms with E-state index in [0.29, 0.717) is 22.5 Å². The minimum Gasteiger partial charge on any atom is -0.322 e. The lowest BCUT2D eigenvalue weighted by Gasteiger charge is -2.14. The number of aryl methyl sites for hydroxylation is 1. The molecule has 2 N–H and O–H groups in total. The van der Waals surface area contributed by atoms with Crippen molar-refractivity contribution in [3.05, 3.63) is 95.1 Å². The lowest BCUT2D eigenvalue weighted by Crippen LogP contribution is -2.28. The lowest BCUT2D eigenvalue weighted by molar-refractivity contribution is -0.139. The van der Waals surface area contributed by atoms with Gasteiger partial charge < -0.3 is 10.6 Å². The van der Waals surface area contributed by atoms with E-state index in [4.69, 9.17) is 0 Å². The Labute approximate surface area is 191 Å². The molecule has 4 rings (SSSR count). The number of benzene rings is 3. The summed E-state index contributed by atoms with van der Waals surface area (Å²) in [7, 11) is 0. The van der Waals surface area contributed by atoms with Crippen molar-refractivity contribution in [1.29, 1.82) is 0 Å². The molecule has 0 aliphatic carbocycles. The van der Waals surface area contributed by atoms with Crippen molar-refractivity contribution in [3.63, 3.8) is 0 Å². The zero-order valence-corrected chi connectivity index (χ0v) is 18.1. The van der Waals surface area contributed by atoms with Crippen molar-refractivity contribution in [2.24, 2.45) is 0 Å². The minimum absolute atomic E-state index is 0.178. The Kier molecular flexibility index (Phi) is 6.31. The van der Waals surface area contributed by atoms with Crippen LogP contribution in [0.5, 0.6) is 0 Å². The van der Waals surface area contributed by atoms with Gasteiger partial charge in [0.25, 0.3) is 11.8 Å². The number of hydrogen-bond donors (Lipinski definition) is 2. The maximum Gasteiger partial charge on any atom is 0.257 e. The predicted molar refractivity (Wildman–Crippen MR) is 125 cm³/mol. The van der Waals surface area contributed by atoms with E-state index in [1.54, 1.807) is 54.6 Å². The number of para-hydroxylation sites is 1. The first kappa shape index (κ1) is 22.0. The first-order valence-corrected chi connectivity index (χ1v) is 10.6. The number of hydrogen-bond acceptors (Lipinski definition) is 4. The maximum absolute atomic E-state index is 12.8. The SMILES string of the molecule is Cc1cccc(NC(=O)c2ccccc2NC(=O)c2ccc(CN3C(=O)CCC3=O)cc2)c1. The molecule has 0 unspecified atom stereocenters. The average Bonchev–Trinajstić information content (AvgIpc) is 3.12. The molecule has 7 heteroatoms. The van der Waals surface area contributed by atoms with E-state index in [-0.39, 0.29) is 43.0 Å². The monoisotopic (exact) mass is 441 g/mol. The largest absolute Gasteiger partial charge is 0.322 e. The molecule has 0 aromatic heterocycles. The molecule has 1 aliphatic rings. The van der Waals surface area contributed by atoms with Gasteiger partial charge in [0.2, 0.25) is 11.8 Å². The number of nitrogens with zero attached hydrogens (tertiary/aromatic N) is 1. The summed E-state index contributed by atoms with van der Waals surface area (Å²) in [5, 5.41) is 5.64. The highest BCUT2D eigenvalue weighted by Crippen LogP contribution is 2.20. The highest BCUT2D eigenvalue weighted by Gasteiger charge is 2.28. The van der Waals surface area contributed by atoms with Gasteiger partial charge in [-0.25, -0.2) is 0 Å². The van der Waals surface area contributed by atoms with Gasteiger partial charge in [-0.15, -0.1) is 0 Å². The predicted octanol–water partition coefficient (Wildman–Crippen LogP) is 4.15. The zero-order valence-electron chi connectivity index (χ0n) is 18.1. The number of amides is 4. The zero-order chi connectivity index (χ0) is 23.4. The van der Waals surface area contributed by atoms with E-state index < -0.39 is 0 Å². The third kappa shape index (κ3) is 5.15. The summed E-state index contributed by atoms with van der Waals surface area (Å²) in [4.78, 5) is 50.4. The number of nitrogens with one attached hydrogen (secondary N) is 2. The van der Waals surface area contributed by atoms with Crippen LogP contribution in [0.15, 0.2) is 72.8 Å². The summed E-state index contributed by atoms with van der Waals surface area (Å²) in [5.74, 6) is -1.05. The number of rotatable bonds is 6. The summed E-state index contributed by atoms with van der Waals surface area (Å²) in [5.41, 5.74) is 3.59. The molecule has 1 heterocycles.